The summed E-state index contributed by atoms with van der Waals surface area (Å²) in [6, 6.07) is 0. The van der Waals surface area contributed by atoms with Crippen LogP contribution in [0.5, 0.6) is 0 Å². The second-order valence-corrected chi connectivity index (χ2v) is 0.267. The first-order chi connectivity index (χ1) is 1.41. The van der Waals surface area contributed by atoms with E-state index < -0.39 is 0 Å². The molecule has 4 heavy (non-hydrogen) atoms. The summed E-state index contributed by atoms with van der Waals surface area (Å²) in [6.07, 6.45) is 0. The van der Waals surface area contributed by atoms with Gasteiger partial charge >= 0.3 is 0 Å². The highest BCUT2D eigenvalue weighted by atomic mass is 19.1. The van der Waals surface area contributed by atoms with E-state index in [0.717, 1.165) is 0 Å². The summed E-state index contributed by atoms with van der Waals surface area (Å²) in [6.45, 7) is 1.21. The summed E-state index contributed by atoms with van der Waals surface area (Å²) in [5, 5.41) is 0. The van der Waals surface area contributed by atoms with Crippen LogP contribution in [0.1, 0.15) is 6.92 Å². The smallest absolute Gasteiger partial charge is 0.0866 e. The minimum atomic E-state index is -0.250. The van der Waals surface area contributed by atoms with Crippen LogP contribution in [0.4, 0.5) is 4.39 Å². The molecule has 3 radical (unpaired) electrons. The lowest BCUT2D eigenvalue weighted by molar-refractivity contribution is 0.527. The van der Waals surface area contributed by atoms with Crippen molar-refractivity contribution in [2.45, 2.75) is 6.92 Å². The Hall–Kier alpha value is -0.00506. The van der Waals surface area contributed by atoms with Crippen LogP contribution in [0.25, 0.3) is 0 Å². The Bertz CT molecular complexity index is 6.00. The van der Waals surface area contributed by atoms with E-state index in [0.29, 0.717) is 0 Å². The fourth-order valence-corrected chi connectivity index (χ4v) is 0. The van der Waals surface area contributed by atoms with Crippen LogP contribution in [0.15, 0.2) is 0 Å². The molecule has 0 aromatic carbocycles. The van der Waals surface area contributed by atoms with Gasteiger partial charge in [0, 0.05) is 8.41 Å². The van der Waals surface area contributed by atoms with Crippen molar-refractivity contribution in [3.63, 3.8) is 0 Å². The maximum Gasteiger partial charge on any atom is 0.0866 e. The fraction of sp³-hybridized carbons (Fsp3) is 1.00. The van der Waals surface area contributed by atoms with Crippen LogP contribution < -0.4 is 0 Å². The molecule has 0 fully saturated rings. The molecule has 0 spiro atoms. The summed E-state index contributed by atoms with van der Waals surface area (Å²) in [4.78, 5) is 0. The summed E-state index contributed by atoms with van der Waals surface area (Å²) in [5.74, 6) is 0. The Kier molecular flexibility index (Phi) is 27.1. The molecule has 0 saturated carbocycles. The molecule has 0 rings (SSSR count). The number of alkyl halides is 1. The number of hydrogen-bond donors (Lipinski definition) is 0. The molecular weight excluding hydrogens is 53.8 g/mol. The number of rotatable bonds is 0. The molecule has 0 N–H and O–H groups in total. The Morgan fingerprint density at radius 2 is 1.75 bits per heavy atom. The minimum absolute atomic E-state index is 0. The maximum absolute atomic E-state index is 10.3. The normalized spacial score (nSPS) is 4.50. The zero-order valence-corrected chi connectivity index (χ0v) is 2.66. The first-order valence-corrected chi connectivity index (χ1v) is 0.974. The third-order valence-corrected chi connectivity index (χ3v) is 0. The topological polar surface area (TPSA) is 0 Å². The molecule has 0 aliphatic heterocycles. The van der Waals surface area contributed by atoms with E-state index in [-0.39, 0.29) is 15.1 Å². The highest BCUT2D eigenvalue weighted by Gasteiger charge is 1.39. The van der Waals surface area contributed by atoms with Crippen LogP contribution in [-0.2, 0) is 0 Å². The van der Waals surface area contributed by atoms with E-state index in [1.165, 1.54) is 6.92 Å². The Labute approximate surface area is 27.6 Å². The molecule has 23 valence electrons. The van der Waals surface area contributed by atoms with Gasteiger partial charge in [-0.25, -0.2) is 0 Å². The lowest BCUT2D eigenvalue weighted by Gasteiger charge is -1.45. The van der Waals surface area contributed by atoms with Crippen molar-refractivity contribution in [3.05, 3.63) is 0 Å². The van der Waals surface area contributed by atoms with E-state index in [1.807, 2.05) is 0 Å². The molecule has 0 unspecified atom stereocenters. The molecule has 0 aromatic heterocycles. The van der Waals surface area contributed by atoms with Crippen LogP contribution >= 0.6 is 0 Å². The van der Waals surface area contributed by atoms with Crippen molar-refractivity contribution in [3.8, 4) is 0 Å². The van der Waals surface area contributed by atoms with Gasteiger partial charge in [0.25, 0.3) is 0 Å². The van der Waals surface area contributed by atoms with Crippen molar-refractivity contribution in [1.29, 1.82) is 0 Å². The average molecular weight is 58.9 g/mol. The highest BCUT2D eigenvalue weighted by molar-refractivity contribution is 5.75. The largest absolute Gasteiger partial charge is 0.251 e. The summed E-state index contributed by atoms with van der Waals surface area (Å²) in [7, 11) is 0. The van der Waals surface area contributed by atoms with Gasteiger partial charge in [-0.05, 0) is 6.92 Å². The lowest BCUT2D eigenvalue weighted by Crippen LogP contribution is -1.40. The Morgan fingerprint density at radius 1 is 1.75 bits per heavy atom. The summed E-state index contributed by atoms with van der Waals surface area (Å²) in [5.41, 5.74) is 0. The molecule has 0 amide bonds. The summed E-state index contributed by atoms with van der Waals surface area (Å²) >= 11 is 0. The second kappa shape index (κ2) is 12.0. The molecule has 2 heteroatoms. The van der Waals surface area contributed by atoms with E-state index >= 15 is 0 Å². The van der Waals surface area contributed by atoms with E-state index in [2.05, 4.69) is 0 Å². The first kappa shape index (κ1) is 9.00. The van der Waals surface area contributed by atoms with Crippen LogP contribution in [-0.4, -0.2) is 15.1 Å². The predicted molar refractivity (Wildman–Crippen MR) is 17.4 cm³/mol. The average Bonchev–Trinajstić information content (AvgIpc) is 0.918. The number of hydrogen-bond acceptors (Lipinski definition) is 0. The quantitative estimate of drug-likeness (QED) is 0.358. The maximum atomic E-state index is 10.3. The molecule has 0 saturated heterocycles. The van der Waals surface area contributed by atoms with E-state index in [1.54, 1.807) is 0 Å². The number of halogens is 1. The van der Waals surface area contributed by atoms with Crippen molar-refractivity contribution in [2.75, 3.05) is 6.67 Å². The predicted octanol–water partition coefficient (Wildman–Crippen LogP) is 0.595. The van der Waals surface area contributed by atoms with Gasteiger partial charge in [0.15, 0.2) is 0 Å². The van der Waals surface area contributed by atoms with Crippen molar-refractivity contribution in [2.24, 2.45) is 0 Å². The van der Waals surface area contributed by atoms with Crippen molar-refractivity contribution >= 4 is 8.41 Å². The highest BCUT2D eigenvalue weighted by Crippen LogP contribution is 1.48. The molecule has 0 aliphatic rings. The van der Waals surface area contributed by atoms with E-state index in [9.17, 15) is 4.39 Å². The zero-order chi connectivity index (χ0) is 2.71. The Morgan fingerprint density at radius 3 is 1.75 bits per heavy atom. The summed E-state index contributed by atoms with van der Waals surface area (Å²) < 4.78 is 10.3. The van der Waals surface area contributed by atoms with Gasteiger partial charge in [0.2, 0.25) is 0 Å². The third kappa shape index (κ3) is 77000. The van der Waals surface area contributed by atoms with Crippen LogP contribution in [0.3, 0.4) is 0 Å². The monoisotopic (exact) mass is 59.0 g/mol. The molecule has 0 nitrogen and oxygen atoms in total. The van der Waals surface area contributed by atoms with E-state index in [4.69, 9.17) is 0 Å². The molecular formula is C2H5BF. The van der Waals surface area contributed by atoms with Gasteiger partial charge < -0.3 is 0 Å². The second-order valence-electron chi connectivity index (χ2n) is 0.267. The van der Waals surface area contributed by atoms with Gasteiger partial charge in [-0.3, -0.25) is 4.39 Å². The standard InChI is InChI=1S/C2H5F.B/c1-2-3;/h2H2,1H3;. The van der Waals surface area contributed by atoms with Crippen molar-refractivity contribution in [1.82, 2.24) is 0 Å². The molecule has 0 heterocycles. The van der Waals surface area contributed by atoms with Crippen LogP contribution in [0.2, 0.25) is 0 Å². The SMILES string of the molecule is CCF.[B]. The van der Waals surface area contributed by atoms with Gasteiger partial charge in [-0.1, -0.05) is 0 Å². The zero-order valence-electron chi connectivity index (χ0n) is 2.66. The lowest BCUT2D eigenvalue weighted by atomic mass is 10.8. The molecule has 0 aliphatic carbocycles. The minimum Gasteiger partial charge on any atom is -0.251 e. The van der Waals surface area contributed by atoms with Crippen LogP contribution in [0, 0.1) is 0 Å². The third-order valence-electron chi connectivity index (χ3n) is 0. The fourth-order valence-electron chi connectivity index (χ4n) is 0. The van der Waals surface area contributed by atoms with Gasteiger partial charge in [0.1, 0.15) is 0 Å². The van der Waals surface area contributed by atoms with Crippen molar-refractivity contribution < 1.29 is 4.39 Å². The first-order valence-electron chi connectivity index (χ1n) is 0.974. The molecule has 0 bridgehead atoms. The molecule has 0 atom stereocenters. The Balaban J connectivity index is 0. The molecule has 0 aromatic rings. The van der Waals surface area contributed by atoms with Gasteiger partial charge in [-0.2, -0.15) is 0 Å². The van der Waals surface area contributed by atoms with Gasteiger partial charge in [0.05, 0.1) is 6.67 Å². The van der Waals surface area contributed by atoms with Gasteiger partial charge in [-0.15, -0.1) is 0 Å².